The fraction of sp³-hybridized carbons (Fsp3) is 0.727. The summed E-state index contributed by atoms with van der Waals surface area (Å²) in [7, 11) is -1.85. The number of rotatable bonds is 6. The van der Waals surface area contributed by atoms with E-state index in [1.807, 2.05) is 0 Å². The van der Waals surface area contributed by atoms with Gasteiger partial charge in [-0.05, 0) is 19.3 Å². The van der Waals surface area contributed by atoms with Crippen molar-refractivity contribution in [3.05, 3.63) is 12.4 Å². The molecule has 2 rings (SSSR count). The molecule has 3 N–H and O–H groups in total. The maximum absolute atomic E-state index is 12.2. The second-order valence-electron chi connectivity index (χ2n) is 4.72. The molecule has 0 aliphatic heterocycles. The van der Waals surface area contributed by atoms with Crippen LogP contribution in [0.1, 0.15) is 19.3 Å². The summed E-state index contributed by atoms with van der Waals surface area (Å²) in [4.78, 5) is 0.182. The van der Waals surface area contributed by atoms with Crippen LogP contribution in [0.5, 0.6) is 0 Å². The SMILES string of the molecule is COC1CCC(NS(=O)(=O)c2cnn(CCN)c2)C1. The molecule has 0 aromatic carbocycles. The molecular formula is C11H20N4O3S. The predicted molar refractivity (Wildman–Crippen MR) is 70.0 cm³/mol. The standard InChI is InChI=1S/C11H20N4O3S/c1-18-10-3-2-9(6-10)14-19(16,17)11-7-13-15(8-11)5-4-12/h7-10,14H,2-6,12H2,1H3. The minimum Gasteiger partial charge on any atom is -0.381 e. The van der Waals surface area contributed by atoms with Crippen LogP contribution < -0.4 is 10.5 Å². The van der Waals surface area contributed by atoms with E-state index in [1.165, 1.54) is 17.1 Å². The van der Waals surface area contributed by atoms with Crippen molar-refractivity contribution >= 4 is 10.0 Å². The van der Waals surface area contributed by atoms with Gasteiger partial charge in [-0.3, -0.25) is 4.68 Å². The van der Waals surface area contributed by atoms with Crippen molar-refractivity contribution in [2.45, 2.75) is 42.8 Å². The maximum Gasteiger partial charge on any atom is 0.243 e. The van der Waals surface area contributed by atoms with Crippen molar-refractivity contribution in [3.63, 3.8) is 0 Å². The first-order valence-electron chi connectivity index (χ1n) is 6.33. The highest BCUT2D eigenvalue weighted by atomic mass is 32.2. The number of nitrogens with zero attached hydrogens (tertiary/aromatic N) is 2. The summed E-state index contributed by atoms with van der Waals surface area (Å²) < 4.78 is 33.8. The van der Waals surface area contributed by atoms with E-state index in [0.29, 0.717) is 19.5 Å². The molecule has 2 atom stereocenters. The number of hydrogen-bond acceptors (Lipinski definition) is 5. The first-order chi connectivity index (χ1) is 9.05. The van der Waals surface area contributed by atoms with Crippen LogP contribution in [-0.2, 0) is 21.3 Å². The highest BCUT2D eigenvalue weighted by Crippen LogP contribution is 2.23. The van der Waals surface area contributed by atoms with Gasteiger partial charge in [0.1, 0.15) is 4.90 Å². The number of nitrogens with two attached hydrogens (primary N) is 1. The summed E-state index contributed by atoms with van der Waals surface area (Å²) >= 11 is 0. The molecule has 1 heterocycles. The van der Waals surface area contributed by atoms with Gasteiger partial charge >= 0.3 is 0 Å². The molecule has 1 aromatic rings. The van der Waals surface area contributed by atoms with Gasteiger partial charge in [0.05, 0.1) is 18.8 Å². The summed E-state index contributed by atoms with van der Waals surface area (Å²) in [6, 6.07) is -0.0622. The molecule has 0 radical (unpaired) electrons. The van der Waals surface area contributed by atoms with E-state index in [1.54, 1.807) is 7.11 Å². The Labute approximate surface area is 113 Å². The van der Waals surface area contributed by atoms with E-state index < -0.39 is 10.0 Å². The first-order valence-corrected chi connectivity index (χ1v) is 7.81. The minimum atomic E-state index is -3.50. The van der Waals surface area contributed by atoms with Crippen LogP contribution in [0.2, 0.25) is 0 Å². The summed E-state index contributed by atoms with van der Waals surface area (Å²) in [6.07, 6.45) is 5.39. The topological polar surface area (TPSA) is 99.2 Å². The number of ether oxygens (including phenoxy) is 1. The predicted octanol–water partition coefficient (Wildman–Crippen LogP) is -0.312. The number of sulfonamides is 1. The Balaban J connectivity index is 2.01. The van der Waals surface area contributed by atoms with Gasteiger partial charge in [-0.1, -0.05) is 0 Å². The Hall–Kier alpha value is -0.960. The molecular weight excluding hydrogens is 268 g/mol. The number of hydrogen-bond donors (Lipinski definition) is 2. The third kappa shape index (κ3) is 3.53. The van der Waals surface area contributed by atoms with Gasteiger partial charge in [-0.25, -0.2) is 13.1 Å². The molecule has 19 heavy (non-hydrogen) atoms. The van der Waals surface area contributed by atoms with E-state index in [9.17, 15) is 8.42 Å². The van der Waals surface area contributed by atoms with Gasteiger partial charge in [0.15, 0.2) is 0 Å². The van der Waals surface area contributed by atoms with Crippen LogP contribution in [0.15, 0.2) is 17.3 Å². The third-order valence-corrected chi connectivity index (χ3v) is 4.79. The lowest BCUT2D eigenvalue weighted by atomic mass is 10.3. The average Bonchev–Trinajstić information content (AvgIpc) is 2.98. The largest absolute Gasteiger partial charge is 0.381 e. The normalized spacial score (nSPS) is 23.9. The second kappa shape index (κ2) is 6.00. The molecule has 8 heteroatoms. The van der Waals surface area contributed by atoms with Gasteiger partial charge in [0, 0.05) is 25.9 Å². The summed E-state index contributed by atoms with van der Waals surface area (Å²) in [6.45, 7) is 0.928. The zero-order chi connectivity index (χ0) is 13.9. The zero-order valence-electron chi connectivity index (χ0n) is 10.9. The summed E-state index contributed by atoms with van der Waals surface area (Å²) in [5.41, 5.74) is 5.40. The van der Waals surface area contributed by atoms with E-state index in [4.69, 9.17) is 10.5 Å². The first kappa shape index (κ1) is 14.4. The number of nitrogens with one attached hydrogen (secondary N) is 1. The fourth-order valence-corrected chi connectivity index (χ4v) is 3.52. The van der Waals surface area contributed by atoms with Crippen LogP contribution in [0, 0.1) is 0 Å². The van der Waals surface area contributed by atoms with Crippen LogP contribution >= 0.6 is 0 Å². The highest BCUT2D eigenvalue weighted by Gasteiger charge is 2.29. The van der Waals surface area contributed by atoms with E-state index in [2.05, 4.69) is 9.82 Å². The second-order valence-corrected chi connectivity index (χ2v) is 6.43. The van der Waals surface area contributed by atoms with Gasteiger partial charge in [-0.2, -0.15) is 5.10 Å². The van der Waals surface area contributed by atoms with Crippen LogP contribution in [0.3, 0.4) is 0 Å². The van der Waals surface area contributed by atoms with Crippen LogP contribution in [-0.4, -0.2) is 44.0 Å². The monoisotopic (exact) mass is 288 g/mol. The Morgan fingerprint density at radius 2 is 2.37 bits per heavy atom. The van der Waals surface area contributed by atoms with Crippen molar-refractivity contribution in [3.8, 4) is 0 Å². The van der Waals surface area contributed by atoms with Gasteiger partial charge in [0.2, 0.25) is 10.0 Å². The molecule has 0 amide bonds. The van der Waals surface area contributed by atoms with Crippen molar-refractivity contribution in [2.75, 3.05) is 13.7 Å². The van der Waals surface area contributed by atoms with E-state index in [0.717, 1.165) is 12.8 Å². The van der Waals surface area contributed by atoms with Crippen molar-refractivity contribution in [1.29, 1.82) is 0 Å². The van der Waals surface area contributed by atoms with Crippen LogP contribution in [0.4, 0.5) is 0 Å². The Morgan fingerprint density at radius 3 is 3.00 bits per heavy atom. The number of aromatic nitrogens is 2. The molecule has 0 bridgehead atoms. The third-order valence-electron chi connectivity index (χ3n) is 3.32. The average molecular weight is 288 g/mol. The lowest BCUT2D eigenvalue weighted by Gasteiger charge is -2.12. The smallest absolute Gasteiger partial charge is 0.243 e. The molecule has 1 aliphatic carbocycles. The van der Waals surface area contributed by atoms with Crippen LogP contribution in [0.25, 0.3) is 0 Å². The van der Waals surface area contributed by atoms with E-state index in [-0.39, 0.29) is 17.0 Å². The summed E-state index contributed by atoms with van der Waals surface area (Å²) in [5, 5.41) is 3.97. The molecule has 1 fully saturated rings. The lowest BCUT2D eigenvalue weighted by Crippen LogP contribution is -2.33. The van der Waals surface area contributed by atoms with Crippen molar-refractivity contribution in [2.24, 2.45) is 5.73 Å². The molecule has 1 saturated carbocycles. The zero-order valence-corrected chi connectivity index (χ0v) is 11.8. The fourth-order valence-electron chi connectivity index (χ4n) is 2.29. The molecule has 0 saturated heterocycles. The highest BCUT2D eigenvalue weighted by molar-refractivity contribution is 7.89. The molecule has 7 nitrogen and oxygen atoms in total. The summed E-state index contributed by atoms with van der Waals surface area (Å²) in [5.74, 6) is 0. The van der Waals surface area contributed by atoms with Crippen molar-refractivity contribution in [1.82, 2.24) is 14.5 Å². The molecule has 1 aromatic heterocycles. The Kier molecular flexibility index (Phi) is 4.56. The molecule has 108 valence electrons. The van der Waals surface area contributed by atoms with Gasteiger partial charge < -0.3 is 10.5 Å². The Morgan fingerprint density at radius 1 is 1.58 bits per heavy atom. The quantitative estimate of drug-likeness (QED) is 0.748. The Bertz CT molecular complexity index is 514. The lowest BCUT2D eigenvalue weighted by molar-refractivity contribution is 0.107. The van der Waals surface area contributed by atoms with Gasteiger partial charge in [0.25, 0.3) is 0 Å². The number of methoxy groups -OCH3 is 1. The minimum absolute atomic E-state index is 0.0622. The van der Waals surface area contributed by atoms with E-state index >= 15 is 0 Å². The van der Waals surface area contributed by atoms with Crippen molar-refractivity contribution < 1.29 is 13.2 Å². The molecule has 2 unspecified atom stereocenters. The maximum atomic E-state index is 12.2. The van der Waals surface area contributed by atoms with Gasteiger partial charge in [-0.15, -0.1) is 0 Å². The molecule has 1 aliphatic rings. The molecule has 0 spiro atoms.